The van der Waals surface area contributed by atoms with Gasteiger partial charge in [-0.05, 0) is 35.9 Å². The molecule has 1 atom stereocenters. The number of hydrogen-bond acceptors (Lipinski definition) is 2. The lowest BCUT2D eigenvalue weighted by atomic mass is 9.96. The van der Waals surface area contributed by atoms with Crippen LogP contribution in [0.15, 0.2) is 77.8 Å². The van der Waals surface area contributed by atoms with Gasteiger partial charge < -0.3 is 15.4 Å². The van der Waals surface area contributed by atoms with Crippen LogP contribution in [-0.2, 0) is 0 Å². The summed E-state index contributed by atoms with van der Waals surface area (Å²) >= 11 is 12.3. The second-order valence-corrected chi connectivity index (χ2v) is 7.20. The van der Waals surface area contributed by atoms with E-state index in [1.165, 1.54) is 0 Å². The van der Waals surface area contributed by atoms with Crippen molar-refractivity contribution in [2.75, 3.05) is 18.5 Å². The van der Waals surface area contributed by atoms with Crippen LogP contribution in [0.25, 0.3) is 0 Å². The van der Waals surface area contributed by atoms with Crippen molar-refractivity contribution < 1.29 is 4.74 Å². The standard InChI is InChI=1S/C22H19Cl2N3O/c23-16-10-11-19-17(14-16)21(15-6-2-1-3-7-15)27-22(26-19)25-12-13-28-20-9-5-4-8-18(20)24/h1-11,14,21H,12-13H2,(H2,25,26,27). The maximum atomic E-state index is 6.23. The Balaban J connectivity index is 1.50. The minimum Gasteiger partial charge on any atom is -0.490 e. The Morgan fingerprint density at radius 2 is 1.71 bits per heavy atom. The Morgan fingerprint density at radius 3 is 2.54 bits per heavy atom. The summed E-state index contributed by atoms with van der Waals surface area (Å²) in [6.45, 7) is 0.922. The highest BCUT2D eigenvalue weighted by molar-refractivity contribution is 6.32. The van der Waals surface area contributed by atoms with Crippen molar-refractivity contribution in [3.05, 3.63) is 94.0 Å². The Bertz CT molecular complexity index is 992. The summed E-state index contributed by atoms with van der Waals surface area (Å²) in [7, 11) is 0. The van der Waals surface area contributed by atoms with Gasteiger partial charge in [0.1, 0.15) is 12.4 Å². The number of halogens is 2. The van der Waals surface area contributed by atoms with Crippen LogP contribution in [-0.4, -0.2) is 19.1 Å². The molecule has 0 aromatic heterocycles. The van der Waals surface area contributed by atoms with E-state index in [1.807, 2.05) is 54.6 Å². The molecule has 4 nitrogen and oxygen atoms in total. The van der Waals surface area contributed by atoms with Crippen molar-refractivity contribution >= 4 is 34.8 Å². The predicted octanol–water partition coefficient (Wildman–Crippen LogP) is 5.53. The molecule has 0 bridgehead atoms. The fourth-order valence-corrected chi connectivity index (χ4v) is 3.50. The number of fused-ring (bicyclic) bond motifs is 1. The van der Waals surface area contributed by atoms with Crippen molar-refractivity contribution in [3.8, 4) is 5.75 Å². The van der Waals surface area contributed by atoms with E-state index in [0.717, 1.165) is 16.8 Å². The first-order chi connectivity index (χ1) is 13.7. The smallest absolute Gasteiger partial charge is 0.196 e. The number of guanidine groups is 1. The molecule has 0 aliphatic carbocycles. The van der Waals surface area contributed by atoms with Crippen molar-refractivity contribution in [3.63, 3.8) is 0 Å². The Labute approximate surface area is 174 Å². The lowest BCUT2D eigenvalue weighted by Crippen LogP contribution is -2.40. The number of aliphatic imine (C=N–C) groups is 1. The topological polar surface area (TPSA) is 45.7 Å². The van der Waals surface area contributed by atoms with Crippen LogP contribution in [0.2, 0.25) is 10.0 Å². The zero-order valence-corrected chi connectivity index (χ0v) is 16.5. The first kappa shape index (κ1) is 18.7. The van der Waals surface area contributed by atoms with E-state index < -0.39 is 0 Å². The van der Waals surface area contributed by atoms with Gasteiger partial charge in [0.2, 0.25) is 0 Å². The molecule has 4 rings (SSSR count). The third kappa shape index (κ3) is 4.24. The number of benzene rings is 3. The molecule has 0 spiro atoms. The lowest BCUT2D eigenvalue weighted by Gasteiger charge is -2.30. The van der Waals surface area contributed by atoms with E-state index in [0.29, 0.717) is 34.9 Å². The minimum absolute atomic E-state index is 0.0283. The van der Waals surface area contributed by atoms with Crippen LogP contribution in [0.1, 0.15) is 17.2 Å². The van der Waals surface area contributed by atoms with Gasteiger partial charge in [0, 0.05) is 16.3 Å². The molecule has 0 saturated heterocycles. The maximum absolute atomic E-state index is 6.23. The monoisotopic (exact) mass is 411 g/mol. The third-order valence-electron chi connectivity index (χ3n) is 4.45. The van der Waals surface area contributed by atoms with Crippen LogP contribution in [0.4, 0.5) is 5.69 Å². The van der Waals surface area contributed by atoms with Gasteiger partial charge in [0.25, 0.3) is 0 Å². The summed E-state index contributed by atoms with van der Waals surface area (Å²) in [5.41, 5.74) is 3.22. The SMILES string of the molecule is Clc1ccc2c(c1)C(c1ccccc1)NC(=NCCOc1ccccc1Cl)N2. The van der Waals surface area contributed by atoms with E-state index in [-0.39, 0.29) is 6.04 Å². The maximum Gasteiger partial charge on any atom is 0.196 e. The van der Waals surface area contributed by atoms with Crippen LogP contribution in [0, 0.1) is 0 Å². The average molecular weight is 412 g/mol. The number of anilines is 1. The summed E-state index contributed by atoms with van der Waals surface area (Å²) in [5.74, 6) is 1.36. The van der Waals surface area contributed by atoms with E-state index in [4.69, 9.17) is 27.9 Å². The molecule has 2 N–H and O–H groups in total. The Kier molecular flexibility index (Phi) is 5.70. The molecule has 0 saturated carbocycles. The fourth-order valence-electron chi connectivity index (χ4n) is 3.13. The molecule has 0 amide bonds. The summed E-state index contributed by atoms with van der Waals surface area (Å²) in [4.78, 5) is 4.62. The lowest BCUT2D eigenvalue weighted by molar-refractivity contribution is 0.329. The number of nitrogens with zero attached hydrogens (tertiary/aromatic N) is 1. The average Bonchev–Trinajstić information content (AvgIpc) is 2.72. The zero-order chi connectivity index (χ0) is 19.3. The molecule has 1 aliphatic rings. The first-order valence-corrected chi connectivity index (χ1v) is 9.76. The molecule has 0 fully saturated rings. The van der Waals surface area contributed by atoms with Gasteiger partial charge in [-0.1, -0.05) is 65.7 Å². The van der Waals surface area contributed by atoms with Crippen molar-refractivity contribution in [2.24, 2.45) is 4.99 Å². The minimum atomic E-state index is -0.0283. The van der Waals surface area contributed by atoms with Gasteiger partial charge in [0.15, 0.2) is 5.96 Å². The molecule has 142 valence electrons. The molecular formula is C22H19Cl2N3O. The van der Waals surface area contributed by atoms with E-state index >= 15 is 0 Å². The number of hydrogen-bond donors (Lipinski definition) is 2. The molecule has 1 heterocycles. The van der Waals surface area contributed by atoms with Gasteiger partial charge in [0.05, 0.1) is 17.6 Å². The van der Waals surface area contributed by atoms with E-state index in [2.05, 4.69) is 27.8 Å². The number of para-hydroxylation sites is 1. The highest BCUT2D eigenvalue weighted by atomic mass is 35.5. The van der Waals surface area contributed by atoms with Gasteiger partial charge in [-0.2, -0.15) is 0 Å². The highest BCUT2D eigenvalue weighted by Crippen LogP contribution is 2.33. The molecule has 0 radical (unpaired) electrons. The summed E-state index contributed by atoms with van der Waals surface area (Å²) < 4.78 is 5.71. The molecule has 28 heavy (non-hydrogen) atoms. The number of ether oxygens (including phenoxy) is 1. The molecule has 1 aliphatic heterocycles. The van der Waals surface area contributed by atoms with Gasteiger partial charge in [-0.3, -0.25) is 0 Å². The van der Waals surface area contributed by atoms with Gasteiger partial charge >= 0.3 is 0 Å². The van der Waals surface area contributed by atoms with Crippen molar-refractivity contribution in [2.45, 2.75) is 6.04 Å². The highest BCUT2D eigenvalue weighted by Gasteiger charge is 2.24. The molecule has 3 aromatic carbocycles. The molecule has 3 aromatic rings. The molecule has 6 heteroatoms. The third-order valence-corrected chi connectivity index (χ3v) is 4.99. The summed E-state index contributed by atoms with van der Waals surface area (Å²) in [5, 5.41) is 8.10. The normalized spacial score (nSPS) is 16.8. The van der Waals surface area contributed by atoms with E-state index in [1.54, 1.807) is 6.07 Å². The first-order valence-electron chi connectivity index (χ1n) is 9.00. The molecular weight excluding hydrogens is 393 g/mol. The second kappa shape index (κ2) is 8.55. The summed E-state index contributed by atoms with van der Waals surface area (Å²) in [6.07, 6.45) is 0. The van der Waals surface area contributed by atoms with Crippen molar-refractivity contribution in [1.29, 1.82) is 0 Å². The quantitative estimate of drug-likeness (QED) is 0.542. The zero-order valence-electron chi connectivity index (χ0n) is 15.0. The van der Waals surface area contributed by atoms with Gasteiger partial charge in [-0.25, -0.2) is 4.99 Å². The van der Waals surface area contributed by atoms with Gasteiger partial charge in [-0.15, -0.1) is 0 Å². The van der Waals surface area contributed by atoms with E-state index in [9.17, 15) is 0 Å². The largest absolute Gasteiger partial charge is 0.490 e. The second-order valence-electron chi connectivity index (χ2n) is 6.35. The number of nitrogens with one attached hydrogen (secondary N) is 2. The van der Waals surface area contributed by atoms with Crippen LogP contribution in [0.3, 0.4) is 0 Å². The van der Waals surface area contributed by atoms with Crippen LogP contribution in [0.5, 0.6) is 5.75 Å². The summed E-state index contributed by atoms with van der Waals surface area (Å²) in [6, 6.07) is 23.5. The fraction of sp³-hybridized carbons (Fsp3) is 0.136. The van der Waals surface area contributed by atoms with Crippen molar-refractivity contribution in [1.82, 2.24) is 5.32 Å². The van der Waals surface area contributed by atoms with Crippen LogP contribution < -0.4 is 15.4 Å². The number of rotatable bonds is 5. The predicted molar refractivity (Wildman–Crippen MR) is 116 cm³/mol. The molecule has 1 unspecified atom stereocenters. The Hall–Kier alpha value is -2.69. The van der Waals surface area contributed by atoms with Crippen LogP contribution >= 0.6 is 23.2 Å². The Morgan fingerprint density at radius 1 is 0.929 bits per heavy atom.